The van der Waals surface area contributed by atoms with Crippen molar-refractivity contribution < 1.29 is 9.90 Å². The van der Waals surface area contributed by atoms with Crippen LogP contribution < -0.4 is 10.6 Å². The average Bonchev–Trinajstić information content (AvgIpc) is 2.29. The van der Waals surface area contributed by atoms with E-state index in [0.29, 0.717) is 24.5 Å². The topological polar surface area (TPSA) is 61.4 Å². The van der Waals surface area contributed by atoms with Crippen LogP contribution in [0.1, 0.15) is 12.0 Å². The maximum Gasteiger partial charge on any atom is 0.221 e. The third-order valence-electron chi connectivity index (χ3n) is 2.19. The molecule has 16 heavy (non-hydrogen) atoms. The van der Waals surface area contributed by atoms with E-state index < -0.39 is 0 Å². The number of aromatic hydroxyl groups is 1. The minimum atomic E-state index is -0.0113. The van der Waals surface area contributed by atoms with E-state index in [1.807, 2.05) is 0 Å². The molecular weight excluding hydrogens is 228 g/mol. The Morgan fingerprint density at radius 2 is 2.25 bits per heavy atom. The molecule has 1 rings (SSSR count). The molecule has 0 radical (unpaired) electrons. The van der Waals surface area contributed by atoms with Crippen LogP contribution in [0.25, 0.3) is 0 Å². The van der Waals surface area contributed by atoms with Gasteiger partial charge in [-0.2, -0.15) is 0 Å². The summed E-state index contributed by atoms with van der Waals surface area (Å²) in [5.41, 5.74) is 0.726. The normalized spacial score (nSPS) is 10.1. The molecule has 0 aromatic heterocycles. The summed E-state index contributed by atoms with van der Waals surface area (Å²) >= 11 is 5.76. The van der Waals surface area contributed by atoms with Crippen LogP contribution in [-0.2, 0) is 11.3 Å². The molecule has 0 bridgehead atoms. The zero-order valence-corrected chi connectivity index (χ0v) is 9.84. The standard InChI is InChI=1S/C11H15ClN2O2/c1-13-10(15)5-6-14-7-8-3-2-4-9(12)11(8)16/h2-4,14,16H,5-7H2,1H3,(H,13,15). The van der Waals surface area contributed by atoms with E-state index in [1.54, 1.807) is 25.2 Å². The number of nitrogens with one attached hydrogen (secondary N) is 2. The molecule has 5 heteroatoms. The van der Waals surface area contributed by atoms with Crippen molar-refractivity contribution in [2.45, 2.75) is 13.0 Å². The Morgan fingerprint density at radius 3 is 2.94 bits per heavy atom. The SMILES string of the molecule is CNC(=O)CCNCc1cccc(Cl)c1O. The molecule has 0 fully saturated rings. The number of para-hydroxylation sites is 1. The van der Waals surface area contributed by atoms with Crippen LogP contribution in [0.2, 0.25) is 5.02 Å². The lowest BCUT2D eigenvalue weighted by molar-refractivity contribution is -0.120. The molecule has 1 amide bonds. The fraction of sp³-hybridized carbons (Fsp3) is 0.364. The van der Waals surface area contributed by atoms with Gasteiger partial charge in [0, 0.05) is 32.1 Å². The Kier molecular flexibility index (Phi) is 5.08. The van der Waals surface area contributed by atoms with Gasteiger partial charge in [0.2, 0.25) is 5.91 Å². The van der Waals surface area contributed by atoms with Crippen LogP contribution in [0.5, 0.6) is 5.75 Å². The number of carbonyl (C=O) groups is 1. The first-order chi connectivity index (χ1) is 7.65. The van der Waals surface area contributed by atoms with Crippen LogP contribution in [0.4, 0.5) is 0 Å². The number of phenols is 1. The van der Waals surface area contributed by atoms with Gasteiger partial charge in [-0.05, 0) is 6.07 Å². The van der Waals surface area contributed by atoms with Crippen molar-refractivity contribution in [3.63, 3.8) is 0 Å². The van der Waals surface area contributed by atoms with Gasteiger partial charge in [-0.25, -0.2) is 0 Å². The molecule has 0 aliphatic carbocycles. The molecule has 0 aliphatic rings. The summed E-state index contributed by atoms with van der Waals surface area (Å²) in [5, 5.41) is 15.5. The summed E-state index contributed by atoms with van der Waals surface area (Å²) in [6.45, 7) is 1.05. The third-order valence-corrected chi connectivity index (χ3v) is 2.50. The molecule has 1 aromatic rings. The minimum Gasteiger partial charge on any atom is -0.506 e. The van der Waals surface area contributed by atoms with Crippen LogP contribution in [0.3, 0.4) is 0 Å². The maximum absolute atomic E-state index is 10.9. The fourth-order valence-electron chi connectivity index (χ4n) is 1.25. The highest BCUT2D eigenvalue weighted by Gasteiger charge is 2.04. The summed E-state index contributed by atoms with van der Waals surface area (Å²) in [6.07, 6.45) is 0.415. The molecule has 0 unspecified atom stereocenters. The van der Waals surface area contributed by atoms with E-state index in [-0.39, 0.29) is 11.7 Å². The van der Waals surface area contributed by atoms with Crippen molar-refractivity contribution in [2.24, 2.45) is 0 Å². The summed E-state index contributed by atoms with van der Waals surface area (Å²) in [7, 11) is 1.60. The largest absolute Gasteiger partial charge is 0.506 e. The number of hydrogen-bond acceptors (Lipinski definition) is 3. The molecule has 0 heterocycles. The lowest BCUT2D eigenvalue weighted by atomic mass is 10.2. The molecule has 3 N–H and O–H groups in total. The van der Waals surface area contributed by atoms with Gasteiger partial charge < -0.3 is 15.7 Å². The zero-order chi connectivity index (χ0) is 12.0. The van der Waals surface area contributed by atoms with E-state index in [9.17, 15) is 9.90 Å². The number of benzene rings is 1. The van der Waals surface area contributed by atoms with E-state index in [2.05, 4.69) is 10.6 Å². The first kappa shape index (κ1) is 12.8. The van der Waals surface area contributed by atoms with Crippen molar-refractivity contribution in [1.29, 1.82) is 0 Å². The molecule has 1 aromatic carbocycles. The first-order valence-corrected chi connectivity index (χ1v) is 5.40. The Hall–Kier alpha value is -1.26. The van der Waals surface area contributed by atoms with Gasteiger partial charge in [0.15, 0.2) is 0 Å². The first-order valence-electron chi connectivity index (χ1n) is 5.02. The number of halogens is 1. The average molecular weight is 243 g/mol. The Morgan fingerprint density at radius 1 is 1.50 bits per heavy atom. The minimum absolute atomic E-state index is 0.0113. The highest BCUT2D eigenvalue weighted by Crippen LogP contribution is 2.26. The molecule has 0 saturated carbocycles. The van der Waals surface area contributed by atoms with Crippen LogP contribution in [-0.4, -0.2) is 24.6 Å². The second-order valence-electron chi connectivity index (χ2n) is 3.35. The van der Waals surface area contributed by atoms with Crippen molar-refractivity contribution in [1.82, 2.24) is 10.6 Å². The van der Waals surface area contributed by atoms with Crippen LogP contribution in [0, 0.1) is 0 Å². The Labute approximate surface area is 99.6 Å². The van der Waals surface area contributed by atoms with Crippen molar-refractivity contribution in [3.05, 3.63) is 28.8 Å². The molecule has 0 atom stereocenters. The monoisotopic (exact) mass is 242 g/mol. The summed E-state index contributed by atoms with van der Waals surface area (Å²) < 4.78 is 0. The summed E-state index contributed by atoms with van der Waals surface area (Å²) in [5.74, 6) is 0.0828. The van der Waals surface area contributed by atoms with E-state index in [1.165, 1.54) is 0 Å². The molecule has 0 saturated heterocycles. The molecule has 0 spiro atoms. The van der Waals surface area contributed by atoms with Gasteiger partial charge >= 0.3 is 0 Å². The molecular formula is C11H15ClN2O2. The van der Waals surface area contributed by atoms with Gasteiger partial charge in [-0.3, -0.25) is 4.79 Å². The molecule has 0 aliphatic heterocycles. The van der Waals surface area contributed by atoms with E-state index in [4.69, 9.17) is 11.6 Å². The van der Waals surface area contributed by atoms with Crippen LogP contribution >= 0.6 is 11.6 Å². The van der Waals surface area contributed by atoms with E-state index in [0.717, 1.165) is 5.56 Å². The van der Waals surface area contributed by atoms with Gasteiger partial charge in [0.1, 0.15) is 5.75 Å². The highest BCUT2D eigenvalue weighted by molar-refractivity contribution is 6.32. The van der Waals surface area contributed by atoms with Crippen molar-refractivity contribution in [2.75, 3.05) is 13.6 Å². The number of carbonyl (C=O) groups excluding carboxylic acids is 1. The van der Waals surface area contributed by atoms with Crippen LogP contribution in [0.15, 0.2) is 18.2 Å². The second kappa shape index (κ2) is 6.35. The quantitative estimate of drug-likeness (QED) is 0.682. The number of hydrogen-bond donors (Lipinski definition) is 3. The van der Waals surface area contributed by atoms with Gasteiger partial charge in [0.25, 0.3) is 0 Å². The second-order valence-corrected chi connectivity index (χ2v) is 3.75. The predicted molar refractivity (Wildman–Crippen MR) is 63.5 cm³/mol. The lowest BCUT2D eigenvalue weighted by Crippen LogP contribution is -2.24. The lowest BCUT2D eigenvalue weighted by Gasteiger charge is -2.07. The summed E-state index contributed by atoms with van der Waals surface area (Å²) in [6, 6.07) is 5.19. The Balaban J connectivity index is 2.38. The number of amides is 1. The van der Waals surface area contributed by atoms with E-state index >= 15 is 0 Å². The fourth-order valence-corrected chi connectivity index (χ4v) is 1.45. The number of phenolic OH excluding ortho intramolecular Hbond substituents is 1. The van der Waals surface area contributed by atoms with Gasteiger partial charge in [0.05, 0.1) is 5.02 Å². The zero-order valence-electron chi connectivity index (χ0n) is 9.09. The number of rotatable bonds is 5. The van der Waals surface area contributed by atoms with Crippen molar-refractivity contribution in [3.8, 4) is 5.75 Å². The highest BCUT2D eigenvalue weighted by atomic mass is 35.5. The third kappa shape index (κ3) is 3.72. The smallest absolute Gasteiger partial charge is 0.221 e. The van der Waals surface area contributed by atoms with Crippen molar-refractivity contribution >= 4 is 17.5 Å². The summed E-state index contributed by atoms with van der Waals surface area (Å²) in [4.78, 5) is 10.9. The Bertz CT molecular complexity index is 369. The predicted octanol–water partition coefficient (Wildman–Crippen LogP) is 1.27. The van der Waals surface area contributed by atoms with Gasteiger partial charge in [-0.15, -0.1) is 0 Å². The van der Waals surface area contributed by atoms with Gasteiger partial charge in [-0.1, -0.05) is 23.7 Å². The molecule has 88 valence electrons. The molecule has 4 nitrogen and oxygen atoms in total. The maximum atomic E-state index is 10.9.